The highest BCUT2D eigenvalue weighted by atomic mass is 19.1. The zero-order valence-electron chi connectivity index (χ0n) is 15.0. The van der Waals surface area contributed by atoms with Gasteiger partial charge in [-0.3, -0.25) is 4.99 Å². The first-order valence-electron chi connectivity index (χ1n) is 8.87. The number of hydrogen-bond acceptors (Lipinski definition) is 2. The van der Waals surface area contributed by atoms with Crippen LogP contribution in [0.25, 0.3) is 0 Å². The van der Waals surface area contributed by atoms with E-state index >= 15 is 0 Å². The van der Waals surface area contributed by atoms with E-state index in [-0.39, 0.29) is 5.82 Å². The lowest BCUT2D eigenvalue weighted by Crippen LogP contribution is -2.39. The summed E-state index contributed by atoms with van der Waals surface area (Å²) in [5.74, 6) is 1.06. The molecule has 1 aliphatic heterocycles. The number of aliphatic imine (C=N–C) groups is 1. The molecule has 0 aliphatic carbocycles. The molecule has 0 radical (unpaired) electrons. The predicted octanol–water partition coefficient (Wildman–Crippen LogP) is 3.34. The van der Waals surface area contributed by atoms with E-state index < -0.39 is 0 Å². The maximum atomic E-state index is 13.9. The third-order valence-corrected chi connectivity index (χ3v) is 4.78. The SMILES string of the molecule is CN=C(NCc1cc(C#N)ccc1F)N1CCC(Cc2ccccc2)C1. The second-order valence-electron chi connectivity index (χ2n) is 6.61. The number of benzene rings is 2. The Bertz CT molecular complexity index is 811. The van der Waals surface area contributed by atoms with Crippen LogP contribution >= 0.6 is 0 Å². The lowest BCUT2D eigenvalue weighted by Gasteiger charge is -2.22. The highest BCUT2D eigenvalue weighted by Crippen LogP contribution is 2.21. The molecule has 5 heteroatoms. The van der Waals surface area contributed by atoms with Crippen LogP contribution in [0.4, 0.5) is 4.39 Å². The van der Waals surface area contributed by atoms with E-state index in [0.717, 1.165) is 31.9 Å². The molecule has 0 spiro atoms. The van der Waals surface area contributed by atoms with Gasteiger partial charge in [0.2, 0.25) is 0 Å². The Hall–Kier alpha value is -2.87. The summed E-state index contributed by atoms with van der Waals surface area (Å²) in [7, 11) is 1.74. The number of nitrogens with zero attached hydrogens (tertiary/aromatic N) is 3. The second kappa shape index (κ2) is 8.48. The van der Waals surface area contributed by atoms with Gasteiger partial charge in [-0.25, -0.2) is 4.39 Å². The van der Waals surface area contributed by atoms with Crippen LogP contribution in [0.3, 0.4) is 0 Å². The highest BCUT2D eigenvalue weighted by molar-refractivity contribution is 5.80. The molecule has 1 unspecified atom stereocenters. The van der Waals surface area contributed by atoms with E-state index in [0.29, 0.717) is 23.6 Å². The zero-order chi connectivity index (χ0) is 18.4. The van der Waals surface area contributed by atoms with Gasteiger partial charge in [0.1, 0.15) is 5.82 Å². The van der Waals surface area contributed by atoms with Gasteiger partial charge in [0.05, 0.1) is 11.6 Å². The maximum Gasteiger partial charge on any atom is 0.193 e. The van der Waals surface area contributed by atoms with Crippen molar-refractivity contribution in [1.82, 2.24) is 10.2 Å². The van der Waals surface area contributed by atoms with Gasteiger partial charge in [-0.05, 0) is 42.5 Å². The molecule has 0 bridgehead atoms. The smallest absolute Gasteiger partial charge is 0.193 e. The third kappa shape index (κ3) is 4.40. The summed E-state index contributed by atoms with van der Waals surface area (Å²) in [6.45, 7) is 2.20. The summed E-state index contributed by atoms with van der Waals surface area (Å²) >= 11 is 0. The fraction of sp³-hybridized carbons (Fsp3) is 0.333. The minimum Gasteiger partial charge on any atom is -0.352 e. The van der Waals surface area contributed by atoms with Gasteiger partial charge in [0.25, 0.3) is 0 Å². The molecular formula is C21H23FN4. The van der Waals surface area contributed by atoms with Crippen LogP contribution in [-0.4, -0.2) is 31.0 Å². The molecule has 2 aromatic rings. The largest absolute Gasteiger partial charge is 0.352 e. The summed E-state index contributed by atoms with van der Waals surface area (Å²) in [5, 5.41) is 12.2. The van der Waals surface area contributed by atoms with Crippen molar-refractivity contribution in [2.45, 2.75) is 19.4 Å². The minimum atomic E-state index is -0.310. The van der Waals surface area contributed by atoms with E-state index in [2.05, 4.69) is 39.5 Å². The van der Waals surface area contributed by atoms with Crippen LogP contribution in [0, 0.1) is 23.1 Å². The minimum absolute atomic E-state index is 0.310. The van der Waals surface area contributed by atoms with Gasteiger partial charge in [0.15, 0.2) is 5.96 Å². The predicted molar refractivity (Wildman–Crippen MR) is 101 cm³/mol. The molecule has 0 saturated carbocycles. The van der Waals surface area contributed by atoms with E-state index in [1.807, 2.05) is 12.1 Å². The molecule has 134 valence electrons. The molecule has 1 N–H and O–H groups in total. The van der Waals surface area contributed by atoms with Crippen LogP contribution in [0.5, 0.6) is 0 Å². The van der Waals surface area contributed by atoms with E-state index in [9.17, 15) is 4.39 Å². The Morgan fingerprint density at radius 2 is 2.12 bits per heavy atom. The topological polar surface area (TPSA) is 51.4 Å². The van der Waals surface area contributed by atoms with Gasteiger partial charge >= 0.3 is 0 Å². The average Bonchev–Trinajstić information content (AvgIpc) is 3.12. The monoisotopic (exact) mass is 350 g/mol. The van der Waals surface area contributed by atoms with Gasteiger partial charge in [-0.15, -0.1) is 0 Å². The molecule has 1 fully saturated rings. The van der Waals surface area contributed by atoms with Gasteiger partial charge in [-0.1, -0.05) is 30.3 Å². The fourth-order valence-corrected chi connectivity index (χ4v) is 3.43. The molecule has 1 saturated heterocycles. The molecule has 4 nitrogen and oxygen atoms in total. The Morgan fingerprint density at radius 1 is 1.31 bits per heavy atom. The third-order valence-electron chi connectivity index (χ3n) is 4.78. The summed E-state index contributed by atoms with van der Waals surface area (Å²) in [6.07, 6.45) is 2.18. The quantitative estimate of drug-likeness (QED) is 0.680. The Balaban J connectivity index is 1.58. The van der Waals surface area contributed by atoms with Crippen LogP contribution < -0.4 is 5.32 Å². The molecule has 1 aliphatic rings. The van der Waals surface area contributed by atoms with Crippen molar-refractivity contribution in [3.8, 4) is 6.07 Å². The Labute approximate surface area is 154 Å². The molecule has 0 aromatic heterocycles. The van der Waals surface area contributed by atoms with Gasteiger partial charge < -0.3 is 10.2 Å². The summed E-state index contributed by atoms with van der Waals surface area (Å²) in [6, 6.07) is 17.0. The van der Waals surface area contributed by atoms with E-state index in [1.54, 1.807) is 13.1 Å². The van der Waals surface area contributed by atoms with E-state index in [1.165, 1.54) is 17.7 Å². The van der Waals surface area contributed by atoms with Crippen molar-refractivity contribution < 1.29 is 4.39 Å². The molecule has 26 heavy (non-hydrogen) atoms. The fourth-order valence-electron chi connectivity index (χ4n) is 3.43. The first-order chi connectivity index (χ1) is 12.7. The number of nitrogens with one attached hydrogen (secondary N) is 1. The van der Waals surface area contributed by atoms with Crippen LogP contribution in [0.1, 0.15) is 23.1 Å². The molecule has 3 rings (SSSR count). The van der Waals surface area contributed by atoms with E-state index in [4.69, 9.17) is 5.26 Å². The molecule has 1 heterocycles. The summed E-state index contributed by atoms with van der Waals surface area (Å²) < 4.78 is 13.9. The van der Waals surface area contributed by atoms with Crippen LogP contribution in [-0.2, 0) is 13.0 Å². The zero-order valence-corrected chi connectivity index (χ0v) is 15.0. The Kier molecular flexibility index (Phi) is 5.85. The van der Waals surface area contributed by atoms with Crippen LogP contribution in [0.15, 0.2) is 53.5 Å². The Morgan fingerprint density at radius 3 is 2.85 bits per heavy atom. The van der Waals surface area contributed by atoms with Gasteiger partial charge in [-0.2, -0.15) is 5.26 Å². The first kappa shape index (κ1) is 17.9. The summed E-state index contributed by atoms with van der Waals surface area (Å²) in [4.78, 5) is 6.56. The van der Waals surface area contributed by atoms with Crippen molar-refractivity contribution in [2.75, 3.05) is 20.1 Å². The van der Waals surface area contributed by atoms with Gasteiger partial charge in [0, 0.05) is 32.2 Å². The highest BCUT2D eigenvalue weighted by Gasteiger charge is 2.25. The average molecular weight is 350 g/mol. The number of halogens is 1. The lowest BCUT2D eigenvalue weighted by atomic mass is 9.99. The van der Waals surface area contributed by atoms with Crippen molar-refractivity contribution in [3.05, 3.63) is 71.0 Å². The molecular weight excluding hydrogens is 327 g/mol. The van der Waals surface area contributed by atoms with Crippen molar-refractivity contribution in [3.63, 3.8) is 0 Å². The molecule has 0 amide bonds. The maximum absolute atomic E-state index is 13.9. The number of rotatable bonds is 4. The number of guanidine groups is 1. The number of nitriles is 1. The van der Waals surface area contributed by atoms with Crippen molar-refractivity contribution in [2.24, 2.45) is 10.9 Å². The number of likely N-dealkylation sites (tertiary alicyclic amines) is 1. The standard InChI is InChI=1S/C21H23FN4/c1-24-21(25-14-19-12-17(13-23)7-8-20(19)22)26-10-9-18(15-26)11-16-5-3-2-4-6-16/h2-8,12,18H,9-11,14-15H2,1H3,(H,24,25). The van der Waals surface area contributed by atoms with Crippen molar-refractivity contribution >= 4 is 5.96 Å². The molecule has 1 atom stereocenters. The second-order valence-corrected chi connectivity index (χ2v) is 6.61. The first-order valence-corrected chi connectivity index (χ1v) is 8.87. The lowest BCUT2D eigenvalue weighted by molar-refractivity contribution is 0.459. The van der Waals surface area contributed by atoms with Crippen molar-refractivity contribution in [1.29, 1.82) is 5.26 Å². The van der Waals surface area contributed by atoms with Crippen LogP contribution in [0.2, 0.25) is 0 Å². The normalized spacial score (nSPS) is 17.2. The summed E-state index contributed by atoms with van der Waals surface area (Å²) in [5.41, 5.74) is 2.30. The molecule has 2 aromatic carbocycles. The number of hydrogen-bond donors (Lipinski definition) is 1.